The molecule has 0 radical (unpaired) electrons. The highest BCUT2D eigenvalue weighted by Gasteiger charge is 2.19. The molecular formula is C14H14N2O. The van der Waals surface area contributed by atoms with Gasteiger partial charge < -0.3 is 10.8 Å². The van der Waals surface area contributed by atoms with E-state index in [1.807, 2.05) is 30.5 Å². The standard InChI is InChI=1S/C14H14N2O/c15-11-5-9-7-13(16-8-10(9)6-11)12-3-1-2-4-14(12)17/h1-4,7-8,11,17H,5-6,15H2. The fraction of sp³-hybridized carbons (Fsp3) is 0.214. The SMILES string of the molecule is NC1Cc2cnc(-c3ccccc3O)cc2C1. The average molecular weight is 226 g/mol. The maximum atomic E-state index is 9.80. The molecule has 1 heterocycles. The molecule has 3 rings (SSSR count). The first-order valence-corrected chi connectivity index (χ1v) is 5.76. The third-order valence-corrected chi connectivity index (χ3v) is 3.23. The molecule has 0 aliphatic heterocycles. The van der Waals surface area contributed by atoms with Gasteiger partial charge in [-0.05, 0) is 42.2 Å². The number of aromatic nitrogens is 1. The van der Waals surface area contributed by atoms with Crippen LogP contribution < -0.4 is 5.73 Å². The Morgan fingerprint density at radius 1 is 1.18 bits per heavy atom. The second kappa shape index (κ2) is 3.86. The lowest BCUT2D eigenvalue weighted by molar-refractivity contribution is 0.477. The van der Waals surface area contributed by atoms with Gasteiger partial charge in [-0.1, -0.05) is 12.1 Å². The molecule has 0 saturated carbocycles. The van der Waals surface area contributed by atoms with E-state index in [9.17, 15) is 5.11 Å². The van der Waals surface area contributed by atoms with E-state index in [-0.39, 0.29) is 11.8 Å². The number of phenolic OH excluding ortho intramolecular Hbond substituents is 1. The Kier molecular flexibility index (Phi) is 2.34. The number of phenols is 1. The minimum Gasteiger partial charge on any atom is -0.507 e. The van der Waals surface area contributed by atoms with Crippen molar-refractivity contribution in [2.24, 2.45) is 5.73 Å². The van der Waals surface area contributed by atoms with E-state index in [0.29, 0.717) is 0 Å². The van der Waals surface area contributed by atoms with Crippen LogP contribution in [0.15, 0.2) is 36.5 Å². The Balaban J connectivity index is 2.07. The van der Waals surface area contributed by atoms with Crippen molar-refractivity contribution >= 4 is 0 Å². The first kappa shape index (κ1) is 10.3. The van der Waals surface area contributed by atoms with Crippen LogP contribution in [0.5, 0.6) is 5.75 Å². The molecule has 2 aromatic rings. The van der Waals surface area contributed by atoms with Crippen LogP contribution in [0, 0.1) is 0 Å². The fourth-order valence-corrected chi connectivity index (χ4v) is 2.37. The number of aromatic hydroxyl groups is 1. The fourth-order valence-electron chi connectivity index (χ4n) is 2.37. The Labute approximate surface area is 99.9 Å². The molecule has 17 heavy (non-hydrogen) atoms. The van der Waals surface area contributed by atoms with Crippen molar-refractivity contribution in [3.05, 3.63) is 47.7 Å². The average Bonchev–Trinajstić information content (AvgIpc) is 2.68. The predicted molar refractivity (Wildman–Crippen MR) is 66.7 cm³/mol. The molecule has 1 atom stereocenters. The van der Waals surface area contributed by atoms with Gasteiger partial charge in [-0.25, -0.2) is 0 Å². The maximum absolute atomic E-state index is 9.80. The number of nitrogens with zero attached hydrogens (tertiary/aromatic N) is 1. The summed E-state index contributed by atoms with van der Waals surface area (Å²) in [4.78, 5) is 4.40. The van der Waals surface area contributed by atoms with Crippen LogP contribution in [0.3, 0.4) is 0 Å². The molecule has 1 unspecified atom stereocenters. The molecule has 1 aliphatic rings. The molecule has 3 nitrogen and oxygen atoms in total. The Morgan fingerprint density at radius 2 is 1.94 bits per heavy atom. The van der Waals surface area contributed by atoms with Gasteiger partial charge in [-0.3, -0.25) is 4.98 Å². The van der Waals surface area contributed by atoms with E-state index in [1.165, 1.54) is 11.1 Å². The van der Waals surface area contributed by atoms with Crippen molar-refractivity contribution in [2.75, 3.05) is 0 Å². The van der Waals surface area contributed by atoms with E-state index in [4.69, 9.17) is 5.73 Å². The normalized spacial score (nSPS) is 18.1. The number of para-hydroxylation sites is 1. The van der Waals surface area contributed by atoms with Crippen molar-refractivity contribution < 1.29 is 5.11 Å². The van der Waals surface area contributed by atoms with Gasteiger partial charge in [0, 0.05) is 17.8 Å². The molecule has 3 N–H and O–H groups in total. The van der Waals surface area contributed by atoms with Crippen molar-refractivity contribution in [2.45, 2.75) is 18.9 Å². The van der Waals surface area contributed by atoms with Crippen LogP contribution in [-0.4, -0.2) is 16.1 Å². The summed E-state index contributed by atoms with van der Waals surface area (Å²) >= 11 is 0. The van der Waals surface area contributed by atoms with Crippen molar-refractivity contribution in [3.8, 4) is 17.0 Å². The van der Waals surface area contributed by atoms with Crippen molar-refractivity contribution in [1.29, 1.82) is 0 Å². The zero-order valence-electron chi connectivity index (χ0n) is 9.43. The van der Waals surface area contributed by atoms with E-state index >= 15 is 0 Å². The van der Waals surface area contributed by atoms with Crippen LogP contribution in [0.4, 0.5) is 0 Å². The first-order chi connectivity index (χ1) is 8.24. The third kappa shape index (κ3) is 1.78. The van der Waals surface area contributed by atoms with Gasteiger partial charge in [0.15, 0.2) is 0 Å². The summed E-state index contributed by atoms with van der Waals surface area (Å²) in [6.07, 6.45) is 3.69. The van der Waals surface area contributed by atoms with Crippen LogP contribution in [0.1, 0.15) is 11.1 Å². The van der Waals surface area contributed by atoms with Gasteiger partial charge in [0.25, 0.3) is 0 Å². The van der Waals surface area contributed by atoms with Crippen molar-refractivity contribution in [3.63, 3.8) is 0 Å². The lowest BCUT2D eigenvalue weighted by atomic mass is 10.1. The second-order valence-corrected chi connectivity index (χ2v) is 4.52. The van der Waals surface area contributed by atoms with Crippen LogP contribution >= 0.6 is 0 Å². The number of benzene rings is 1. The summed E-state index contributed by atoms with van der Waals surface area (Å²) < 4.78 is 0. The number of fused-ring (bicyclic) bond motifs is 1. The molecule has 0 spiro atoms. The predicted octanol–water partition coefficient (Wildman–Crippen LogP) is 1.88. The van der Waals surface area contributed by atoms with E-state index in [1.54, 1.807) is 6.07 Å². The smallest absolute Gasteiger partial charge is 0.124 e. The second-order valence-electron chi connectivity index (χ2n) is 4.52. The van der Waals surface area contributed by atoms with Gasteiger partial charge in [0.2, 0.25) is 0 Å². The number of rotatable bonds is 1. The summed E-state index contributed by atoms with van der Waals surface area (Å²) in [6, 6.07) is 9.51. The lowest BCUT2D eigenvalue weighted by Crippen LogP contribution is -2.18. The largest absolute Gasteiger partial charge is 0.507 e. The first-order valence-electron chi connectivity index (χ1n) is 5.76. The number of pyridine rings is 1. The summed E-state index contributed by atoms with van der Waals surface area (Å²) in [6.45, 7) is 0. The van der Waals surface area contributed by atoms with Gasteiger partial charge in [0.05, 0.1) is 5.69 Å². The van der Waals surface area contributed by atoms with Crippen LogP contribution in [-0.2, 0) is 12.8 Å². The molecule has 0 bridgehead atoms. The minimum absolute atomic E-state index is 0.214. The van der Waals surface area contributed by atoms with Gasteiger partial charge in [0.1, 0.15) is 5.75 Å². The molecular weight excluding hydrogens is 212 g/mol. The minimum atomic E-state index is 0.214. The highest BCUT2D eigenvalue weighted by Crippen LogP contribution is 2.30. The van der Waals surface area contributed by atoms with Gasteiger partial charge in [-0.2, -0.15) is 0 Å². The van der Waals surface area contributed by atoms with Gasteiger partial charge >= 0.3 is 0 Å². The lowest BCUT2D eigenvalue weighted by Gasteiger charge is -2.05. The van der Waals surface area contributed by atoms with E-state index in [2.05, 4.69) is 4.98 Å². The molecule has 3 heteroatoms. The quantitative estimate of drug-likeness (QED) is 0.780. The molecule has 0 amide bonds. The molecule has 0 fully saturated rings. The molecule has 1 aromatic heterocycles. The monoisotopic (exact) mass is 226 g/mol. The molecule has 1 aromatic carbocycles. The van der Waals surface area contributed by atoms with Crippen molar-refractivity contribution in [1.82, 2.24) is 4.98 Å². The van der Waals surface area contributed by atoms with Crippen LogP contribution in [0.25, 0.3) is 11.3 Å². The van der Waals surface area contributed by atoms with E-state index < -0.39 is 0 Å². The zero-order chi connectivity index (χ0) is 11.8. The Morgan fingerprint density at radius 3 is 2.76 bits per heavy atom. The highest BCUT2D eigenvalue weighted by molar-refractivity contribution is 5.67. The highest BCUT2D eigenvalue weighted by atomic mass is 16.3. The number of hydrogen-bond acceptors (Lipinski definition) is 3. The third-order valence-electron chi connectivity index (χ3n) is 3.23. The molecule has 86 valence electrons. The van der Waals surface area contributed by atoms with Crippen LogP contribution in [0.2, 0.25) is 0 Å². The Hall–Kier alpha value is -1.87. The number of nitrogens with two attached hydrogens (primary N) is 1. The maximum Gasteiger partial charge on any atom is 0.124 e. The summed E-state index contributed by atoms with van der Waals surface area (Å²) in [5.74, 6) is 0.266. The summed E-state index contributed by atoms with van der Waals surface area (Å²) in [5.41, 5.74) is 10.0. The van der Waals surface area contributed by atoms with Gasteiger partial charge in [-0.15, -0.1) is 0 Å². The summed E-state index contributed by atoms with van der Waals surface area (Å²) in [5, 5.41) is 9.80. The topological polar surface area (TPSA) is 59.1 Å². The molecule has 1 aliphatic carbocycles. The zero-order valence-corrected chi connectivity index (χ0v) is 9.43. The van der Waals surface area contributed by atoms with E-state index in [0.717, 1.165) is 24.1 Å². The number of hydrogen-bond donors (Lipinski definition) is 2. The summed E-state index contributed by atoms with van der Waals surface area (Å²) in [7, 11) is 0. The molecule has 0 saturated heterocycles. The Bertz CT molecular complexity index is 566.